The molecule has 2 heteroatoms. The summed E-state index contributed by atoms with van der Waals surface area (Å²) >= 11 is 0. The highest BCUT2D eigenvalue weighted by molar-refractivity contribution is 5.17. The number of hydrogen-bond acceptors (Lipinski definition) is 2. The van der Waals surface area contributed by atoms with Gasteiger partial charge in [0.05, 0.1) is 5.60 Å². The summed E-state index contributed by atoms with van der Waals surface area (Å²) in [5.74, 6) is 0.736. The first-order chi connectivity index (χ1) is 8.57. The maximum absolute atomic E-state index is 5.76. The molecular formula is C16H25NO. The van der Waals surface area contributed by atoms with Crippen molar-refractivity contribution >= 4 is 0 Å². The predicted molar refractivity (Wildman–Crippen MR) is 75.6 cm³/mol. The molecule has 1 N–H and O–H groups in total. The fourth-order valence-electron chi connectivity index (χ4n) is 2.74. The number of benzene rings is 1. The van der Waals surface area contributed by atoms with Crippen molar-refractivity contribution in [1.29, 1.82) is 0 Å². The highest BCUT2D eigenvalue weighted by Gasteiger charge is 2.28. The third-order valence-electron chi connectivity index (χ3n) is 3.81. The van der Waals surface area contributed by atoms with E-state index in [9.17, 15) is 0 Å². The van der Waals surface area contributed by atoms with Gasteiger partial charge < -0.3 is 10.1 Å². The van der Waals surface area contributed by atoms with Crippen molar-refractivity contribution in [1.82, 2.24) is 5.32 Å². The van der Waals surface area contributed by atoms with Gasteiger partial charge in [0.25, 0.3) is 0 Å². The molecule has 18 heavy (non-hydrogen) atoms. The molecule has 0 radical (unpaired) electrons. The summed E-state index contributed by atoms with van der Waals surface area (Å²) < 4.78 is 5.76. The van der Waals surface area contributed by atoms with E-state index < -0.39 is 0 Å². The predicted octanol–water partition coefficient (Wildman–Crippen LogP) is 3.54. The molecule has 1 aliphatic rings. The molecule has 2 unspecified atom stereocenters. The molecule has 1 aromatic carbocycles. The molecule has 1 aliphatic heterocycles. The molecule has 0 bridgehead atoms. The van der Waals surface area contributed by atoms with Crippen LogP contribution in [0.2, 0.25) is 0 Å². The molecule has 1 heterocycles. The van der Waals surface area contributed by atoms with Gasteiger partial charge in [0.1, 0.15) is 0 Å². The second-order valence-corrected chi connectivity index (χ2v) is 6.01. The normalized spacial score (nSPS) is 24.7. The van der Waals surface area contributed by atoms with Crippen LogP contribution >= 0.6 is 0 Å². The minimum atomic E-state index is 0.0561. The molecule has 100 valence electrons. The third-order valence-corrected chi connectivity index (χ3v) is 3.81. The van der Waals surface area contributed by atoms with Crippen LogP contribution in [0.3, 0.4) is 0 Å². The standard InChI is InChI=1S/C16H25NO/c1-13(15-7-5-4-6-8-15)17-12-14-9-10-18-16(2,3)11-14/h4-8,13-14,17H,9-12H2,1-3H3. The van der Waals surface area contributed by atoms with Gasteiger partial charge in [-0.2, -0.15) is 0 Å². The second kappa shape index (κ2) is 5.85. The van der Waals surface area contributed by atoms with Crippen LogP contribution in [0.1, 0.15) is 45.2 Å². The third kappa shape index (κ3) is 3.82. The Morgan fingerprint density at radius 2 is 2.06 bits per heavy atom. The van der Waals surface area contributed by atoms with Crippen molar-refractivity contribution in [3.8, 4) is 0 Å². The van der Waals surface area contributed by atoms with Gasteiger partial charge in [-0.1, -0.05) is 30.3 Å². The lowest BCUT2D eigenvalue weighted by Gasteiger charge is -2.36. The molecule has 2 atom stereocenters. The van der Waals surface area contributed by atoms with E-state index in [1.165, 1.54) is 12.0 Å². The lowest BCUT2D eigenvalue weighted by molar-refractivity contribution is -0.0720. The highest BCUT2D eigenvalue weighted by atomic mass is 16.5. The summed E-state index contributed by atoms with van der Waals surface area (Å²) in [5, 5.41) is 3.65. The summed E-state index contributed by atoms with van der Waals surface area (Å²) in [6.45, 7) is 8.61. The Balaban J connectivity index is 1.81. The van der Waals surface area contributed by atoms with Crippen LogP contribution in [0.4, 0.5) is 0 Å². The van der Waals surface area contributed by atoms with Crippen molar-refractivity contribution in [3.63, 3.8) is 0 Å². The molecule has 0 spiro atoms. The summed E-state index contributed by atoms with van der Waals surface area (Å²) in [4.78, 5) is 0. The van der Waals surface area contributed by atoms with Gasteiger partial charge in [-0.05, 0) is 51.6 Å². The van der Waals surface area contributed by atoms with Gasteiger partial charge in [0, 0.05) is 12.6 Å². The number of ether oxygens (including phenoxy) is 1. The summed E-state index contributed by atoms with van der Waals surface area (Å²) in [6.07, 6.45) is 2.33. The summed E-state index contributed by atoms with van der Waals surface area (Å²) in [5.41, 5.74) is 1.42. The minimum absolute atomic E-state index is 0.0561. The molecule has 0 aromatic heterocycles. The fourth-order valence-corrected chi connectivity index (χ4v) is 2.74. The number of hydrogen-bond donors (Lipinski definition) is 1. The van der Waals surface area contributed by atoms with Gasteiger partial charge >= 0.3 is 0 Å². The monoisotopic (exact) mass is 247 g/mol. The molecule has 2 rings (SSSR count). The van der Waals surface area contributed by atoms with Crippen LogP contribution in [0.25, 0.3) is 0 Å². The smallest absolute Gasteiger partial charge is 0.0629 e. The Kier molecular flexibility index (Phi) is 4.41. The fraction of sp³-hybridized carbons (Fsp3) is 0.625. The zero-order valence-electron chi connectivity index (χ0n) is 11.8. The van der Waals surface area contributed by atoms with Crippen LogP contribution in [0, 0.1) is 5.92 Å². The van der Waals surface area contributed by atoms with Crippen molar-refractivity contribution < 1.29 is 4.74 Å². The van der Waals surface area contributed by atoms with Crippen molar-refractivity contribution in [2.24, 2.45) is 5.92 Å². The summed E-state index contributed by atoms with van der Waals surface area (Å²) in [6, 6.07) is 11.1. The van der Waals surface area contributed by atoms with E-state index in [2.05, 4.69) is 56.4 Å². The van der Waals surface area contributed by atoms with E-state index in [0.29, 0.717) is 6.04 Å². The SMILES string of the molecule is CC(NCC1CCOC(C)(C)C1)c1ccccc1. The topological polar surface area (TPSA) is 21.3 Å². The van der Waals surface area contributed by atoms with E-state index in [0.717, 1.165) is 25.5 Å². The van der Waals surface area contributed by atoms with E-state index >= 15 is 0 Å². The lowest BCUT2D eigenvalue weighted by atomic mass is 9.88. The van der Waals surface area contributed by atoms with Crippen molar-refractivity contribution in [2.45, 2.75) is 45.3 Å². The van der Waals surface area contributed by atoms with Crippen LogP contribution in [-0.2, 0) is 4.74 Å². The second-order valence-electron chi connectivity index (χ2n) is 6.01. The quantitative estimate of drug-likeness (QED) is 0.878. The van der Waals surface area contributed by atoms with Crippen molar-refractivity contribution in [3.05, 3.63) is 35.9 Å². The zero-order chi connectivity index (χ0) is 13.0. The van der Waals surface area contributed by atoms with Gasteiger partial charge in [0.15, 0.2) is 0 Å². The van der Waals surface area contributed by atoms with E-state index in [1.54, 1.807) is 0 Å². The Hall–Kier alpha value is -0.860. The van der Waals surface area contributed by atoms with Crippen molar-refractivity contribution in [2.75, 3.05) is 13.2 Å². The zero-order valence-corrected chi connectivity index (χ0v) is 11.8. The Bertz CT molecular complexity index is 361. The average molecular weight is 247 g/mol. The molecular weight excluding hydrogens is 222 g/mol. The highest BCUT2D eigenvalue weighted by Crippen LogP contribution is 2.28. The first-order valence-electron chi connectivity index (χ1n) is 6.99. The largest absolute Gasteiger partial charge is 0.376 e. The molecule has 1 aromatic rings. The van der Waals surface area contributed by atoms with Gasteiger partial charge in [-0.3, -0.25) is 0 Å². The maximum Gasteiger partial charge on any atom is 0.0629 e. The molecule has 2 nitrogen and oxygen atoms in total. The number of rotatable bonds is 4. The van der Waals surface area contributed by atoms with Crippen LogP contribution in [0.5, 0.6) is 0 Å². The minimum Gasteiger partial charge on any atom is -0.376 e. The molecule has 0 aliphatic carbocycles. The van der Waals surface area contributed by atoms with Crippen LogP contribution in [0.15, 0.2) is 30.3 Å². The number of nitrogens with one attached hydrogen (secondary N) is 1. The molecule has 1 saturated heterocycles. The molecule has 0 amide bonds. The maximum atomic E-state index is 5.76. The van der Waals surface area contributed by atoms with E-state index in [4.69, 9.17) is 4.74 Å². The van der Waals surface area contributed by atoms with Gasteiger partial charge in [-0.25, -0.2) is 0 Å². The van der Waals surface area contributed by atoms with Gasteiger partial charge in [0.2, 0.25) is 0 Å². The summed E-state index contributed by atoms with van der Waals surface area (Å²) in [7, 11) is 0. The van der Waals surface area contributed by atoms with E-state index in [-0.39, 0.29) is 5.60 Å². The van der Waals surface area contributed by atoms with Gasteiger partial charge in [-0.15, -0.1) is 0 Å². The first kappa shape index (κ1) is 13.6. The Morgan fingerprint density at radius 3 is 2.72 bits per heavy atom. The van der Waals surface area contributed by atoms with E-state index in [1.807, 2.05) is 0 Å². The van der Waals surface area contributed by atoms with Crippen LogP contribution in [-0.4, -0.2) is 18.8 Å². The van der Waals surface area contributed by atoms with Crippen LogP contribution < -0.4 is 5.32 Å². The molecule has 1 fully saturated rings. The molecule has 0 saturated carbocycles. The average Bonchev–Trinajstić information content (AvgIpc) is 2.36. The Labute approximate surface area is 111 Å². The Morgan fingerprint density at radius 1 is 1.33 bits per heavy atom. The lowest BCUT2D eigenvalue weighted by Crippen LogP contribution is -2.38. The first-order valence-corrected chi connectivity index (χ1v) is 6.99.